The average molecular weight is 248 g/mol. The smallest absolute Gasteiger partial charge is 0.126 e. The maximum Gasteiger partial charge on any atom is 0.126 e. The van der Waals surface area contributed by atoms with E-state index in [1.807, 2.05) is 19.9 Å². The Kier molecular flexibility index (Phi) is 3.48. The molecule has 0 fully saturated rings. The summed E-state index contributed by atoms with van der Waals surface area (Å²) in [5.74, 6) is -0.300. The molecule has 0 bridgehead atoms. The van der Waals surface area contributed by atoms with Crippen molar-refractivity contribution in [1.82, 2.24) is 9.78 Å². The van der Waals surface area contributed by atoms with Crippen LogP contribution in [0, 0.1) is 19.7 Å². The lowest BCUT2D eigenvalue weighted by molar-refractivity contribution is 0.207. The van der Waals surface area contributed by atoms with Crippen molar-refractivity contribution in [3.05, 3.63) is 52.6 Å². The van der Waals surface area contributed by atoms with Crippen molar-refractivity contribution in [3.8, 4) is 0 Å². The summed E-state index contributed by atoms with van der Waals surface area (Å²) in [5, 5.41) is 14.6. The molecule has 0 aliphatic carbocycles. The fourth-order valence-corrected chi connectivity index (χ4v) is 1.99. The molecule has 1 aromatic heterocycles. The summed E-state index contributed by atoms with van der Waals surface area (Å²) in [7, 11) is 0. The molecule has 0 aliphatic rings. The number of nitrogens with zero attached hydrogens (tertiary/aromatic N) is 2. The van der Waals surface area contributed by atoms with Crippen molar-refractivity contribution >= 4 is 0 Å². The molecule has 1 unspecified atom stereocenters. The predicted molar refractivity (Wildman–Crippen MR) is 67.8 cm³/mol. The van der Waals surface area contributed by atoms with Crippen molar-refractivity contribution in [3.63, 3.8) is 0 Å². The van der Waals surface area contributed by atoms with Gasteiger partial charge in [-0.05, 0) is 44.0 Å². The summed E-state index contributed by atoms with van der Waals surface area (Å²) in [6.45, 7) is 6.21. The topological polar surface area (TPSA) is 38.0 Å². The van der Waals surface area contributed by atoms with Crippen LogP contribution in [0.25, 0.3) is 0 Å². The minimum atomic E-state index is -0.846. The molecule has 1 N–H and O–H groups in total. The van der Waals surface area contributed by atoms with Gasteiger partial charge in [0.15, 0.2) is 0 Å². The second-order valence-corrected chi connectivity index (χ2v) is 4.44. The van der Waals surface area contributed by atoms with Gasteiger partial charge in [0.1, 0.15) is 11.9 Å². The first kappa shape index (κ1) is 12.8. The highest BCUT2D eigenvalue weighted by Crippen LogP contribution is 2.24. The van der Waals surface area contributed by atoms with Crippen molar-refractivity contribution in [2.45, 2.75) is 33.4 Å². The Bertz CT molecular complexity index is 563. The van der Waals surface area contributed by atoms with E-state index >= 15 is 0 Å². The summed E-state index contributed by atoms with van der Waals surface area (Å²) >= 11 is 0. The van der Waals surface area contributed by atoms with Crippen LogP contribution >= 0.6 is 0 Å². The van der Waals surface area contributed by atoms with E-state index in [1.54, 1.807) is 23.7 Å². The Morgan fingerprint density at radius 1 is 1.33 bits per heavy atom. The molecule has 1 heterocycles. The van der Waals surface area contributed by atoms with Gasteiger partial charge in [0.2, 0.25) is 0 Å². The number of rotatable bonds is 3. The number of aromatic nitrogens is 2. The molecule has 1 aromatic carbocycles. The molecule has 0 spiro atoms. The lowest BCUT2D eigenvalue weighted by Gasteiger charge is -2.13. The third-order valence-electron chi connectivity index (χ3n) is 3.02. The number of aliphatic hydroxyl groups is 1. The number of aliphatic hydroxyl groups excluding tert-OH is 1. The Morgan fingerprint density at radius 2 is 2.06 bits per heavy atom. The maximum atomic E-state index is 13.5. The lowest BCUT2D eigenvalue weighted by Crippen LogP contribution is -2.09. The fourth-order valence-electron chi connectivity index (χ4n) is 1.99. The standard InChI is InChI=1S/C14H17FN2O/c1-4-17-13(7-10(3)16-17)14(18)11-6-5-9(2)12(15)8-11/h5-8,14,18H,4H2,1-3H3. The number of hydrogen-bond acceptors (Lipinski definition) is 2. The molecule has 0 amide bonds. The molecule has 2 aromatic rings. The Hall–Kier alpha value is -1.68. The van der Waals surface area contributed by atoms with E-state index in [9.17, 15) is 9.50 Å². The summed E-state index contributed by atoms with van der Waals surface area (Å²) in [4.78, 5) is 0. The average Bonchev–Trinajstić information content (AvgIpc) is 2.73. The molecule has 96 valence electrons. The monoisotopic (exact) mass is 248 g/mol. The molecule has 1 atom stereocenters. The van der Waals surface area contributed by atoms with E-state index < -0.39 is 6.10 Å². The van der Waals surface area contributed by atoms with Crippen molar-refractivity contribution in [2.75, 3.05) is 0 Å². The van der Waals surface area contributed by atoms with Crippen LogP contribution in [0.3, 0.4) is 0 Å². The largest absolute Gasteiger partial charge is 0.382 e. The number of aryl methyl sites for hydroxylation is 3. The van der Waals surface area contributed by atoms with Gasteiger partial charge in [-0.25, -0.2) is 4.39 Å². The number of halogens is 1. The highest BCUT2D eigenvalue weighted by molar-refractivity contribution is 5.30. The van der Waals surface area contributed by atoms with Crippen LogP contribution in [0.5, 0.6) is 0 Å². The van der Waals surface area contributed by atoms with E-state index in [0.717, 1.165) is 5.69 Å². The molecular weight excluding hydrogens is 231 g/mol. The Morgan fingerprint density at radius 3 is 2.67 bits per heavy atom. The van der Waals surface area contributed by atoms with Gasteiger partial charge < -0.3 is 5.11 Å². The second-order valence-electron chi connectivity index (χ2n) is 4.44. The molecule has 0 saturated carbocycles. The fraction of sp³-hybridized carbons (Fsp3) is 0.357. The molecule has 4 heteroatoms. The highest BCUT2D eigenvalue weighted by atomic mass is 19.1. The van der Waals surface area contributed by atoms with Gasteiger partial charge in [-0.3, -0.25) is 4.68 Å². The van der Waals surface area contributed by atoms with Crippen molar-refractivity contribution in [2.24, 2.45) is 0 Å². The van der Waals surface area contributed by atoms with Crippen molar-refractivity contribution < 1.29 is 9.50 Å². The molecule has 18 heavy (non-hydrogen) atoms. The Balaban J connectivity index is 2.40. The van der Waals surface area contributed by atoms with E-state index in [1.165, 1.54) is 6.07 Å². The normalized spacial score (nSPS) is 12.7. The van der Waals surface area contributed by atoms with Crippen LogP contribution in [-0.4, -0.2) is 14.9 Å². The van der Waals surface area contributed by atoms with E-state index in [-0.39, 0.29) is 5.82 Å². The number of hydrogen-bond donors (Lipinski definition) is 1. The summed E-state index contributed by atoms with van der Waals surface area (Å²) in [6.07, 6.45) is -0.846. The van der Waals surface area contributed by atoms with Crippen LogP contribution in [-0.2, 0) is 6.54 Å². The molecule has 2 rings (SSSR count). The highest BCUT2D eigenvalue weighted by Gasteiger charge is 2.17. The van der Waals surface area contributed by atoms with Crippen LogP contribution in [0.1, 0.15) is 35.5 Å². The third kappa shape index (κ3) is 2.29. The summed E-state index contributed by atoms with van der Waals surface area (Å²) in [5.41, 5.74) is 2.66. The Labute approximate surface area is 106 Å². The van der Waals surface area contributed by atoms with E-state index in [2.05, 4.69) is 5.10 Å². The first-order valence-corrected chi connectivity index (χ1v) is 6.01. The zero-order valence-corrected chi connectivity index (χ0v) is 10.8. The molecule has 0 radical (unpaired) electrons. The molecular formula is C14H17FN2O. The SMILES string of the molecule is CCn1nc(C)cc1C(O)c1ccc(C)c(F)c1. The predicted octanol–water partition coefficient (Wildman–Crippen LogP) is 2.74. The minimum absolute atomic E-state index is 0.300. The van der Waals surface area contributed by atoms with Gasteiger partial charge in [0, 0.05) is 6.54 Å². The quantitative estimate of drug-likeness (QED) is 0.907. The summed E-state index contributed by atoms with van der Waals surface area (Å²) in [6, 6.07) is 6.62. The van der Waals surface area contributed by atoms with Crippen LogP contribution < -0.4 is 0 Å². The van der Waals surface area contributed by atoms with Crippen molar-refractivity contribution in [1.29, 1.82) is 0 Å². The van der Waals surface area contributed by atoms with E-state index in [0.29, 0.717) is 23.4 Å². The van der Waals surface area contributed by atoms with Gasteiger partial charge >= 0.3 is 0 Å². The van der Waals surface area contributed by atoms with Gasteiger partial charge in [0.05, 0.1) is 11.4 Å². The first-order valence-electron chi connectivity index (χ1n) is 6.01. The van der Waals surface area contributed by atoms with Gasteiger partial charge in [0.25, 0.3) is 0 Å². The summed E-state index contributed by atoms with van der Waals surface area (Å²) < 4.78 is 15.2. The number of benzene rings is 1. The first-order chi connectivity index (χ1) is 8.52. The van der Waals surface area contributed by atoms with E-state index in [4.69, 9.17) is 0 Å². The third-order valence-corrected chi connectivity index (χ3v) is 3.02. The molecule has 0 aliphatic heterocycles. The molecule has 0 saturated heterocycles. The van der Waals surface area contributed by atoms with Crippen LogP contribution in [0.2, 0.25) is 0 Å². The van der Waals surface area contributed by atoms with Gasteiger partial charge in [-0.15, -0.1) is 0 Å². The minimum Gasteiger partial charge on any atom is -0.382 e. The van der Waals surface area contributed by atoms with Crippen LogP contribution in [0.4, 0.5) is 4.39 Å². The second kappa shape index (κ2) is 4.90. The zero-order valence-electron chi connectivity index (χ0n) is 10.8. The lowest BCUT2D eigenvalue weighted by atomic mass is 10.0. The van der Waals surface area contributed by atoms with Crippen LogP contribution in [0.15, 0.2) is 24.3 Å². The maximum absolute atomic E-state index is 13.5. The van der Waals surface area contributed by atoms with Gasteiger partial charge in [-0.1, -0.05) is 12.1 Å². The zero-order chi connectivity index (χ0) is 13.3. The van der Waals surface area contributed by atoms with Gasteiger partial charge in [-0.2, -0.15) is 5.10 Å². The molecule has 3 nitrogen and oxygen atoms in total.